The molecule has 20 heavy (non-hydrogen) atoms. The van der Waals surface area contributed by atoms with Crippen molar-refractivity contribution in [2.24, 2.45) is 23.0 Å². The first-order valence-electron chi connectivity index (χ1n) is 7.58. The van der Waals surface area contributed by atoms with Crippen LogP contribution in [0.1, 0.15) is 46.5 Å². The van der Waals surface area contributed by atoms with E-state index >= 15 is 0 Å². The first kappa shape index (κ1) is 15.3. The molecule has 114 valence electrons. The number of amides is 1. The molecule has 0 aromatic heterocycles. The molecule has 1 saturated heterocycles. The van der Waals surface area contributed by atoms with E-state index in [4.69, 9.17) is 5.73 Å². The minimum atomic E-state index is -0.880. The zero-order valence-corrected chi connectivity index (χ0v) is 12.6. The Morgan fingerprint density at radius 2 is 2.05 bits per heavy atom. The van der Waals surface area contributed by atoms with Gasteiger partial charge in [0.2, 0.25) is 5.91 Å². The van der Waals surface area contributed by atoms with E-state index in [9.17, 15) is 14.7 Å². The first-order chi connectivity index (χ1) is 9.29. The Bertz CT molecular complexity index is 408. The van der Waals surface area contributed by atoms with Crippen LogP contribution in [0.2, 0.25) is 0 Å². The third-order valence-corrected chi connectivity index (χ3v) is 5.45. The summed E-state index contributed by atoms with van der Waals surface area (Å²) in [4.78, 5) is 25.7. The van der Waals surface area contributed by atoms with Crippen molar-refractivity contribution >= 4 is 11.9 Å². The molecule has 5 heteroatoms. The standard InChI is InChI=1S/C15H26N2O3/c1-4-15(2,3)12(16)13(18)17-8-9-6-5-7-10(9)11(17)14(19)20/h9-12H,4-8,16H2,1-3H3,(H,19,20)/t9-,10-,11-,12?/m0/s1. The van der Waals surface area contributed by atoms with Gasteiger partial charge in [-0.05, 0) is 36.5 Å². The first-order valence-corrected chi connectivity index (χ1v) is 7.58. The molecule has 2 rings (SSSR count). The molecule has 0 aromatic rings. The summed E-state index contributed by atoms with van der Waals surface area (Å²) >= 11 is 0. The number of rotatable bonds is 4. The lowest BCUT2D eigenvalue weighted by molar-refractivity contribution is -0.151. The van der Waals surface area contributed by atoms with Gasteiger partial charge in [0.15, 0.2) is 0 Å². The van der Waals surface area contributed by atoms with Crippen molar-refractivity contribution in [2.75, 3.05) is 6.54 Å². The summed E-state index contributed by atoms with van der Waals surface area (Å²) in [5.74, 6) is -0.613. The predicted octanol–water partition coefficient (Wildman–Crippen LogP) is 1.46. The van der Waals surface area contributed by atoms with Crippen LogP contribution < -0.4 is 5.73 Å². The number of nitrogens with two attached hydrogens (primary N) is 1. The number of aliphatic carboxylic acids is 1. The summed E-state index contributed by atoms with van der Waals surface area (Å²) in [5, 5.41) is 9.49. The molecule has 2 aliphatic rings. The maximum Gasteiger partial charge on any atom is 0.326 e. The average Bonchev–Trinajstić information content (AvgIpc) is 2.95. The Morgan fingerprint density at radius 1 is 1.40 bits per heavy atom. The van der Waals surface area contributed by atoms with E-state index in [1.54, 1.807) is 4.90 Å². The summed E-state index contributed by atoms with van der Waals surface area (Å²) in [6.07, 6.45) is 3.81. The fraction of sp³-hybridized carbons (Fsp3) is 0.867. The number of likely N-dealkylation sites (tertiary alicyclic amines) is 1. The Labute approximate surface area is 120 Å². The van der Waals surface area contributed by atoms with Crippen molar-refractivity contribution in [3.05, 3.63) is 0 Å². The molecule has 1 aliphatic heterocycles. The molecule has 0 bridgehead atoms. The van der Waals surface area contributed by atoms with Crippen molar-refractivity contribution in [2.45, 2.75) is 58.5 Å². The predicted molar refractivity (Wildman–Crippen MR) is 76.0 cm³/mol. The van der Waals surface area contributed by atoms with E-state index in [0.717, 1.165) is 25.7 Å². The smallest absolute Gasteiger partial charge is 0.326 e. The summed E-state index contributed by atoms with van der Waals surface area (Å²) in [6.45, 7) is 6.49. The zero-order chi connectivity index (χ0) is 15.1. The van der Waals surface area contributed by atoms with Crippen LogP contribution in [0.25, 0.3) is 0 Å². The highest BCUT2D eigenvalue weighted by Crippen LogP contribution is 2.43. The van der Waals surface area contributed by atoms with Gasteiger partial charge in [-0.2, -0.15) is 0 Å². The highest BCUT2D eigenvalue weighted by Gasteiger charge is 2.51. The third kappa shape index (κ3) is 2.43. The third-order valence-electron chi connectivity index (χ3n) is 5.45. The molecule has 1 heterocycles. The maximum atomic E-state index is 12.6. The van der Waals surface area contributed by atoms with Crippen LogP contribution in [0.3, 0.4) is 0 Å². The van der Waals surface area contributed by atoms with Crippen LogP contribution in [-0.2, 0) is 9.59 Å². The van der Waals surface area contributed by atoms with Gasteiger partial charge in [0.25, 0.3) is 0 Å². The van der Waals surface area contributed by atoms with Gasteiger partial charge in [0.05, 0.1) is 6.04 Å². The monoisotopic (exact) mass is 282 g/mol. The molecule has 3 N–H and O–H groups in total. The average molecular weight is 282 g/mol. The van der Waals surface area contributed by atoms with E-state index in [2.05, 4.69) is 0 Å². The highest BCUT2D eigenvalue weighted by atomic mass is 16.4. The number of carboxylic acids is 1. The molecular weight excluding hydrogens is 256 g/mol. The Morgan fingerprint density at radius 3 is 2.60 bits per heavy atom. The Hall–Kier alpha value is -1.10. The molecule has 1 unspecified atom stereocenters. The second kappa shape index (κ2) is 5.35. The van der Waals surface area contributed by atoms with E-state index in [1.165, 1.54) is 0 Å². The van der Waals surface area contributed by atoms with Crippen LogP contribution in [0.15, 0.2) is 0 Å². The molecular formula is C15H26N2O3. The second-order valence-electron chi connectivity index (χ2n) is 6.95. The van der Waals surface area contributed by atoms with Gasteiger partial charge in [-0.3, -0.25) is 4.79 Å². The number of hydrogen-bond donors (Lipinski definition) is 2. The lowest BCUT2D eigenvalue weighted by Crippen LogP contribution is -2.54. The lowest BCUT2D eigenvalue weighted by atomic mass is 9.81. The van der Waals surface area contributed by atoms with Gasteiger partial charge in [0.1, 0.15) is 6.04 Å². The minimum Gasteiger partial charge on any atom is -0.480 e. The lowest BCUT2D eigenvalue weighted by Gasteiger charge is -2.34. The van der Waals surface area contributed by atoms with Gasteiger partial charge in [0, 0.05) is 6.54 Å². The highest BCUT2D eigenvalue weighted by molar-refractivity contribution is 5.88. The zero-order valence-electron chi connectivity index (χ0n) is 12.6. The van der Waals surface area contributed by atoms with E-state index in [-0.39, 0.29) is 17.2 Å². The van der Waals surface area contributed by atoms with Crippen molar-refractivity contribution in [1.82, 2.24) is 4.90 Å². The van der Waals surface area contributed by atoms with E-state index in [1.807, 2.05) is 20.8 Å². The van der Waals surface area contributed by atoms with Gasteiger partial charge in [-0.1, -0.05) is 27.2 Å². The summed E-state index contributed by atoms with van der Waals surface area (Å²) in [5.41, 5.74) is 5.81. The quantitative estimate of drug-likeness (QED) is 0.817. The molecule has 4 atom stereocenters. The Kier molecular flexibility index (Phi) is 4.09. The van der Waals surface area contributed by atoms with Crippen LogP contribution in [0.4, 0.5) is 0 Å². The summed E-state index contributed by atoms with van der Waals surface area (Å²) in [7, 11) is 0. The fourth-order valence-corrected chi connectivity index (χ4v) is 3.58. The van der Waals surface area contributed by atoms with Gasteiger partial charge in [-0.25, -0.2) is 4.79 Å². The summed E-state index contributed by atoms with van der Waals surface area (Å²) < 4.78 is 0. The number of carboxylic acid groups (broad SMARTS) is 1. The van der Waals surface area contributed by atoms with Crippen molar-refractivity contribution in [3.8, 4) is 0 Å². The van der Waals surface area contributed by atoms with Gasteiger partial charge < -0.3 is 15.7 Å². The summed E-state index contributed by atoms with van der Waals surface area (Å²) in [6, 6.07) is -1.30. The molecule has 2 fully saturated rings. The second-order valence-corrected chi connectivity index (χ2v) is 6.95. The van der Waals surface area contributed by atoms with E-state index in [0.29, 0.717) is 12.5 Å². The minimum absolute atomic E-state index is 0.119. The SMILES string of the molecule is CCC(C)(C)C(N)C(=O)N1C[C@@H]2CCC[C@@H]2[C@H]1C(=O)O. The molecule has 0 aromatic carbocycles. The fourth-order valence-electron chi connectivity index (χ4n) is 3.58. The van der Waals surface area contributed by atoms with Crippen LogP contribution >= 0.6 is 0 Å². The maximum absolute atomic E-state index is 12.6. The number of fused-ring (bicyclic) bond motifs is 1. The molecule has 5 nitrogen and oxygen atoms in total. The van der Waals surface area contributed by atoms with Crippen LogP contribution in [0, 0.1) is 17.3 Å². The normalized spacial score (nSPS) is 31.2. The van der Waals surface area contributed by atoms with Crippen molar-refractivity contribution in [3.63, 3.8) is 0 Å². The molecule has 1 saturated carbocycles. The number of nitrogens with zero attached hydrogens (tertiary/aromatic N) is 1. The number of carbonyl (C=O) groups excluding carboxylic acids is 1. The van der Waals surface area contributed by atoms with Crippen LogP contribution in [-0.4, -0.2) is 40.5 Å². The largest absolute Gasteiger partial charge is 0.480 e. The molecule has 0 spiro atoms. The molecule has 0 radical (unpaired) electrons. The van der Waals surface area contributed by atoms with Crippen LogP contribution in [0.5, 0.6) is 0 Å². The number of hydrogen-bond acceptors (Lipinski definition) is 3. The van der Waals surface area contributed by atoms with Crippen molar-refractivity contribution in [1.29, 1.82) is 0 Å². The van der Waals surface area contributed by atoms with Crippen molar-refractivity contribution < 1.29 is 14.7 Å². The molecule has 1 amide bonds. The number of carbonyl (C=O) groups is 2. The molecule has 1 aliphatic carbocycles. The van der Waals surface area contributed by atoms with E-state index < -0.39 is 18.1 Å². The van der Waals surface area contributed by atoms with Gasteiger partial charge >= 0.3 is 5.97 Å². The topological polar surface area (TPSA) is 83.6 Å². The Balaban J connectivity index is 2.19. The van der Waals surface area contributed by atoms with Gasteiger partial charge in [-0.15, -0.1) is 0 Å².